The Labute approximate surface area is 92.5 Å². The SMILES string of the molecule is CCCS(=O)(=O)Nc1c(N)ccc(F)c1F. The molecule has 0 saturated carbocycles. The largest absolute Gasteiger partial charge is 0.397 e. The second-order valence-electron chi connectivity index (χ2n) is 3.25. The van der Waals surface area contributed by atoms with E-state index in [0.717, 1.165) is 12.1 Å². The summed E-state index contributed by atoms with van der Waals surface area (Å²) in [6.45, 7) is 1.66. The van der Waals surface area contributed by atoms with Crippen LogP contribution in [0.2, 0.25) is 0 Å². The van der Waals surface area contributed by atoms with Gasteiger partial charge >= 0.3 is 0 Å². The summed E-state index contributed by atoms with van der Waals surface area (Å²) in [5.41, 5.74) is 4.67. The van der Waals surface area contributed by atoms with Gasteiger partial charge in [0.2, 0.25) is 10.0 Å². The Bertz CT molecular complexity index is 489. The summed E-state index contributed by atoms with van der Waals surface area (Å²) in [5, 5.41) is 0. The van der Waals surface area contributed by atoms with Gasteiger partial charge in [0.1, 0.15) is 5.69 Å². The number of rotatable bonds is 4. The van der Waals surface area contributed by atoms with Crippen LogP contribution in [0.25, 0.3) is 0 Å². The molecule has 7 heteroatoms. The van der Waals surface area contributed by atoms with Gasteiger partial charge in [-0.25, -0.2) is 17.2 Å². The van der Waals surface area contributed by atoms with Crippen molar-refractivity contribution in [2.24, 2.45) is 0 Å². The van der Waals surface area contributed by atoms with E-state index >= 15 is 0 Å². The summed E-state index contributed by atoms with van der Waals surface area (Å²) in [4.78, 5) is 0. The molecule has 0 fully saturated rings. The molecule has 0 saturated heterocycles. The minimum Gasteiger partial charge on any atom is -0.397 e. The summed E-state index contributed by atoms with van der Waals surface area (Å²) >= 11 is 0. The van der Waals surface area contributed by atoms with Gasteiger partial charge in [-0.3, -0.25) is 4.72 Å². The van der Waals surface area contributed by atoms with E-state index in [1.54, 1.807) is 6.92 Å². The van der Waals surface area contributed by atoms with Crippen molar-refractivity contribution in [2.75, 3.05) is 16.2 Å². The maximum Gasteiger partial charge on any atom is 0.232 e. The molecule has 0 aliphatic rings. The molecular weight excluding hydrogens is 238 g/mol. The number of anilines is 2. The molecule has 1 aromatic rings. The lowest BCUT2D eigenvalue weighted by Gasteiger charge is -2.10. The molecule has 0 aliphatic heterocycles. The summed E-state index contributed by atoms with van der Waals surface area (Å²) in [7, 11) is -3.68. The van der Waals surface area contributed by atoms with Gasteiger partial charge in [-0.1, -0.05) is 6.92 Å². The second kappa shape index (κ2) is 4.65. The van der Waals surface area contributed by atoms with Crippen molar-refractivity contribution < 1.29 is 17.2 Å². The van der Waals surface area contributed by atoms with Crippen molar-refractivity contribution in [1.29, 1.82) is 0 Å². The highest BCUT2D eigenvalue weighted by molar-refractivity contribution is 7.92. The molecule has 0 aromatic heterocycles. The fourth-order valence-corrected chi connectivity index (χ4v) is 2.30. The maximum absolute atomic E-state index is 13.3. The third kappa shape index (κ3) is 2.82. The van der Waals surface area contributed by atoms with Crippen molar-refractivity contribution in [3.05, 3.63) is 23.8 Å². The Kier molecular flexibility index (Phi) is 3.69. The zero-order valence-corrected chi connectivity index (χ0v) is 9.44. The smallest absolute Gasteiger partial charge is 0.232 e. The Balaban J connectivity index is 3.11. The molecule has 90 valence electrons. The molecule has 0 spiro atoms. The predicted octanol–water partition coefficient (Wildman–Crippen LogP) is 1.70. The molecule has 1 aromatic carbocycles. The number of nitrogens with one attached hydrogen (secondary N) is 1. The van der Waals surface area contributed by atoms with Gasteiger partial charge in [-0.2, -0.15) is 0 Å². The summed E-state index contributed by atoms with van der Waals surface area (Å²) < 4.78 is 50.8. The highest BCUT2D eigenvalue weighted by Crippen LogP contribution is 2.25. The van der Waals surface area contributed by atoms with E-state index in [9.17, 15) is 17.2 Å². The average Bonchev–Trinajstić information content (AvgIpc) is 2.19. The minimum absolute atomic E-state index is 0.154. The first-order valence-corrected chi connectivity index (χ1v) is 6.26. The Hall–Kier alpha value is -1.37. The molecule has 0 heterocycles. The standard InChI is InChI=1S/C9H12F2N2O2S/c1-2-5-16(14,15)13-9-7(12)4-3-6(10)8(9)11/h3-4,13H,2,5,12H2,1H3. The molecule has 0 bridgehead atoms. The fraction of sp³-hybridized carbons (Fsp3) is 0.333. The number of halogens is 2. The minimum atomic E-state index is -3.68. The predicted molar refractivity (Wildman–Crippen MR) is 58.5 cm³/mol. The van der Waals surface area contributed by atoms with Gasteiger partial charge in [0, 0.05) is 0 Å². The number of nitrogens with two attached hydrogens (primary N) is 1. The van der Waals surface area contributed by atoms with E-state index in [2.05, 4.69) is 0 Å². The molecule has 4 nitrogen and oxygen atoms in total. The van der Waals surface area contributed by atoms with Crippen molar-refractivity contribution in [3.8, 4) is 0 Å². The quantitative estimate of drug-likeness (QED) is 0.799. The monoisotopic (exact) mass is 250 g/mol. The van der Waals surface area contributed by atoms with Crippen molar-refractivity contribution >= 4 is 21.4 Å². The molecule has 1 rings (SSSR count). The van der Waals surface area contributed by atoms with Gasteiger partial charge in [0.15, 0.2) is 11.6 Å². The Morgan fingerprint density at radius 1 is 1.38 bits per heavy atom. The van der Waals surface area contributed by atoms with Crippen molar-refractivity contribution in [2.45, 2.75) is 13.3 Å². The number of nitrogen functional groups attached to an aromatic ring is 1. The van der Waals surface area contributed by atoms with Gasteiger partial charge in [-0.15, -0.1) is 0 Å². The Morgan fingerprint density at radius 3 is 2.56 bits per heavy atom. The van der Waals surface area contributed by atoms with Crippen LogP contribution in [0.5, 0.6) is 0 Å². The van der Waals surface area contributed by atoms with Crippen LogP contribution < -0.4 is 10.5 Å². The zero-order chi connectivity index (χ0) is 12.3. The van der Waals surface area contributed by atoms with Crippen LogP contribution in [0, 0.1) is 11.6 Å². The molecule has 3 N–H and O–H groups in total. The third-order valence-electron chi connectivity index (χ3n) is 1.86. The number of sulfonamides is 1. The topological polar surface area (TPSA) is 72.2 Å². The lowest BCUT2D eigenvalue weighted by molar-refractivity contribution is 0.512. The van der Waals surface area contributed by atoms with Gasteiger partial charge in [-0.05, 0) is 18.6 Å². The number of hydrogen-bond donors (Lipinski definition) is 2. The molecule has 0 aliphatic carbocycles. The zero-order valence-electron chi connectivity index (χ0n) is 8.63. The van der Waals surface area contributed by atoms with Crippen molar-refractivity contribution in [1.82, 2.24) is 0 Å². The van der Waals surface area contributed by atoms with E-state index in [1.165, 1.54) is 0 Å². The molecule has 16 heavy (non-hydrogen) atoms. The van der Waals surface area contributed by atoms with Gasteiger partial charge in [0.25, 0.3) is 0 Å². The summed E-state index contributed by atoms with van der Waals surface area (Å²) in [5.74, 6) is -2.62. The van der Waals surface area contributed by atoms with Crippen LogP contribution in [0.1, 0.15) is 13.3 Å². The molecule has 0 unspecified atom stereocenters. The van der Waals surface area contributed by atoms with Crippen LogP contribution in [0.3, 0.4) is 0 Å². The van der Waals surface area contributed by atoms with Crippen LogP contribution >= 0.6 is 0 Å². The first-order valence-electron chi connectivity index (χ1n) is 4.61. The van der Waals surface area contributed by atoms with E-state index in [0.29, 0.717) is 6.42 Å². The van der Waals surface area contributed by atoms with Gasteiger partial charge in [0.05, 0.1) is 11.4 Å². The normalized spacial score (nSPS) is 11.4. The van der Waals surface area contributed by atoms with Crippen LogP contribution in [0.15, 0.2) is 12.1 Å². The maximum atomic E-state index is 13.3. The lowest BCUT2D eigenvalue weighted by atomic mass is 10.2. The van der Waals surface area contributed by atoms with Crippen LogP contribution in [0.4, 0.5) is 20.2 Å². The van der Waals surface area contributed by atoms with E-state index in [-0.39, 0.29) is 11.4 Å². The van der Waals surface area contributed by atoms with Crippen LogP contribution in [-0.4, -0.2) is 14.2 Å². The molecular formula is C9H12F2N2O2S. The highest BCUT2D eigenvalue weighted by Gasteiger charge is 2.17. The van der Waals surface area contributed by atoms with E-state index in [4.69, 9.17) is 5.73 Å². The molecule has 0 amide bonds. The summed E-state index contributed by atoms with van der Waals surface area (Å²) in [6, 6.07) is 1.94. The summed E-state index contributed by atoms with van der Waals surface area (Å²) in [6.07, 6.45) is 0.367. The van der Waals surface area contributed by atoms with Gasteiger partial charge < -0.3 is 5.73 Å². The van der Waals surface area contributed by atoms with Crippen LogP contribution in [-0.2, 0) is 10.0 Å². The third-order valence-corrected chi connectivity index (χ3v) is 3.32. The molecule has 0 atom stereocenters. The highest BCUT2D eigenvalue weighted by atomic mass is 32.2. The first-order chi connectivity index (χ1) is 7.37. The number of benzene rings is 1. The molecule has 0 radical (unpaired) electrons. The number of hydrogen-bond acceptors (Lipinski definition) is 3. The van der Waals surface area contributed by atoms with E-state index in [1.807, 2.05) is 4.72 Å². The second-order valence-corrected chi connectivity index (χ2v) is 5.09. The Morgan fingerprint density at radius 2 is 2.00 bits per heavy atom. The van der Waals surface area contributed by atoms with Crippen molar-refractivity contribution in [3.63, 3.8) is 0 Å². The fourth-order valence-electron chi connectivity index (χ4n) is 1.14. The lowest BCUT2D eigenvalue weighted by Crippen LogP contribution is -2.18. The van der Waals surface area contributed by atoms with E-state index < -0.39 is 27.3 Å². The average molecular weight is 250 g/mol. The first kappa shape index (κ1) is 12.7.